The first-order chi connectivity index (χ1) is 10.1. The Morgan fingerprint density at radius 3 is 2.76 bits per heavy atom. The Kier molecular flexibility index (Phi) is 3.35. The zero-order valence-corrected chi connectivity index (χ0v) is 11.9. The van der Waals surface area contributed by atoms with Gasteiger partial charge in [-0.25, -0.2) is 15.0 Å². The molecule has 0 aromatic carbocycles. The van der Waals surface area contributed by atoms with E-state index in [0.717, 1.165) is 22.7 Å². The Balaban J connectivity index is 1.89. The van der Waals surface area contributed by atoms with Gasteiger partial charge < -0.3 is 11.1 Å². The lowest BCUT2D eigenvalue weighted by atomic mass is 10.2. The monoisotopic (exact) mass is 280 g/mol. The minimum Gasteiger partial charge on any atom is -0.382 e. The number of pyridine rings is 2. The largest absolute Gasteiger partial charge is 0.382 e. The van der Waals surface area contributed by atoms with Crippen LogP contribution >= 0.6 is 0 Å². The van der Waals surface area contributed by atoms with Crippen molar-refractivity contribution >= 4 is 22.7 Å². The van der Waals surface area contributed by atoms with Crippen LogP contribution in [0.5, 0.6) is 0 Å². The van der Waals surface area contributed by atoms with Crippen LogP contribution in [-0.4, -0.2) is 19.9 Å². The summed E-state index contributed by atoms with van der Waals surface area (Å²) in [7, 11) is 0. The average molecular weight is 280 g/mol. The topological polar surface area (TPSA) is 89.6 Å². The Morgan fingerprint density at radius 1 is 1.10 bits per heavy atom. The molecule has 0 amide bonds. The van der Waals surface area contributed by atoms with E-state index in [4.69, 9.17) is 5.73 Å². The molecule has 6 nitrogen and oxygen atoms in total. The Bertz CT molecular complexity index is 786. The van der Waals surface area contributed by atoms with E-state index in [-0.39, 0.29) is 6.04 Å². The van der Waals surface area contributed by atoms with Gasteiger partial charge in [-0.15, -0.1) is 0 Å². The molecule has 0 saturated carbocycles. The van der Waals surface area contributed by atoms with Crippen molar-refractivity contribution in [2.24, 2.45) is 0 Å². The molecule has 0 fully saturated rings. The van der Waals surface area contributed by atoms with E-state index in [0.29, 0.717) is 11.3 Å². The summed E-state index contributed by atoms with van der Waals surface area (Å²) in [5.74, 6) is 1.10. The normalized spacial score (nSPS) is 12.3. The van der Waals surface area contributed by atoms with Crippen molar-refractivity contribution < 1.29 is 0 Å². The molecule has 6 heteroatoms. The number of nitrogens with zero attached hydrogens (tertiary/aromatic N) is 4. The number of aryl methyl sites for hydroxylation is 1. The second kappa shape index (κ2) is 5.32. The maximum atomic E-state index is 5.83. The first kappa shape index (κ1) is 13.2. The summed E-state index contributed by atoms with van der Waals surface area (Å²) in [5.41, 5.74) is 9.13. The molecular formula is C15H16N6. The molecule has 1 atom stereocenters. The van der Waals surface area contributed by atoms with Gasteiger partial charge in [0.05, 0.1) is 17.3 Å². The molecule has 0 bridgehead atoms. The number of fused-ring (bicyclic) bond motifs is 1. The standard InChI is InChI=1S/C15H16N6/c1-9-4-3-5-11(19-9)10(2)20-13-7-6-12-14(21-13)15(16)18-8-17-12/h3-8,10H,1-2H3,(H,20,21)(H2,16,17,18). The molecule has 21 heavy (non-hydrogen) atoms. The number of nitrogens with one attached hydrogen (secondary N) is 1. The highest BCUT2D eigenvalue weighted by Gasteiger charge is 2.09. The highest BCUT2D eigenvalue weighted by Crippen LogP contribution is 2.20. The third kappa shape index (κ3) is 2.74. The molecule has 1 unspecified atom stereocenters. The first-order valence-electron chi connectivity index (χ1n) is 6.71. The first-order valence-corrected chi connectivity index (χ1v) is 6.71. The van der Waals surface area contributed by atoms with Gasteiger partial charge in [0.2, 0.25) is 0 Å². The molecule has 3 heterocycles. The zero-order chi connectivity index (χ0) is 14.8. The molecule has 3 N–H and O–H groups in total. The van der Waals surface area contributed by atoms with Crippen LogP contribution in [0.25, 0.3) is 11.0 Å². The Hall–Kier alpha value is -2.76. The number of aromatic nitrogens is 4. The summed E-state index contributed by atoms with van der Waals surface area (Å²) in [6.45, 7) is 4.01. The molecule has 3 aromatic heterocycles. The summed E-state index contributed by atoms with van der Waals surface area (Å²) in [5, 5.41) is 3.32. The molecule has 3 rings (SSSR count). The maximum absolute atomic E-state index is 5.83. The number of nitrogens with two attached hydrogens (primary N) is 1. The SMILES string of the molecule is Cc1cccc(C(C)Nc2ccc3ncnc(N)c3n2)n1. The lowest BCUT2D eigenvalue weighted by molar-refractivity contribution is 0.825. The molecule has 0 aliphatic carbocycles. The van der Waals surface area contributed by atoms with Crippen LogP contribution in [0.15, 0.2) is 36.7 Å². The molecule has 0 saturated heterocycles. The summed E-state index contributed by atoms with van der Waals surface area (Å²) in [4.78, 5) is 17.1. The van der Waals surface area contributed by atoms with Crippen molar-refractivity contribution in [1.82, 2.24) is 19.9 Å². The van der Waals surface area contributed by atoms with Gasteiger partial charge in [-0.05, 0) is 38.1 Å². The number of rotatable bonds is 3. The quantitative estimate of drug-likeness (QED) is 0.766. The van der Waals surface area contributed by atoms with E-state index >= 15 is 0 Å². The second-order valence-electron chi connectivity index (χ2n) is 4.89. The fourth-order valence-corrected chi connectivity index (χ4v) is 2.14. The molecule has 0 radical (unpaired) electrons. The number of hydrogen-bond donors (Lipinski definition) is 2. The van der Waals surface area contributed by atoms with E-state index in [1.165, 1.54) is 6.33 Å². The fraction of sp³-hybridized carbons (Fsp3) is 0.200. The van der Waals surface area contributed by atoms with Crippen molar-refractivity contribution in [3.05, 3.63) is 48.0 Å². The van der Waals surface area contributed by atoms with Gasteiger partial charge in [0.15, 0.2) is 5.82 Å². The smallest absolute Gasteiger partial charge is 0.153 e. The van der Waals surface area contributed by atoms with Crippen LogP contribution in [0, 0.1) is 6.92 Å². The van der Waals surface area contributed by atoms with Crippen LogP contribution in [0.4, 0.5) is 11.6 Å². The maximum Gasteiger partial charge on any atom is 0.153 e. The van der Waals surface area contributed by atoms with Gasteiger partial charge in [-0.2, -0.15) is 0 Å². The second-order valence-corrected chi connectivity index (χ2v) is 4.89. The molecule has 0 aliphatic heterocycles. The van der Waals surface area contributed by atoms with Crippen molar-refractivity contribution in [3.8, 4) is 0 Å². The van der Waals surface area contributed by atoms with Crippen LogP contribution in [0.3, 0.4) is 0 Å². The molecular weight excluding hydrogens is 264 g/mol. The summed E-state index contributed by atoms with van der Waals surface area (Å²) >= 11 is 0. The Labute approximate surface area is 122 Å². The minimum atomic E-state index is 0.0423. The summed E-state index contributed by atoms with van der Waals surface area (Å²) < 4.78 is 0. The Morgan fingerprint density at radius 2 is 1.95 bits per heavy atom. The van der Waals surface area contributed by atoms with Gasteiger partial charge in [-0.3, -0.25) is 4.98 Å². The lowest BCUT2D eigenvalue weighted by Gasteiger charge is -2.15. The van der Waals surface area contributed by atoms with Gasteiger partial charge in [0, 0.05) is 5.69 Å². The summed E-state index contributed by atoms with van der Waals surface area (Å²) in [6, 6.07) is 9.75. The van der Waals surface area contributed by atoms with Gasteiger partial charge >= 0.3 is 0 Å². The van der Waals surface area contributed by atoms with Crippen molar-refractivity contribution in [2.75, 3.05) is 11.1 Å². The number of nitrogen functional groups attached to an aromatic ring is 1. The third-order valence-corrected chi connectivity index (χ3v) is 3.23. The predicted molar refractivity (Wildman–Crippen MR) is 82.8 cm³/mol. The minimum absolute atomic E-state index is 0.0423. The number of hydrogen-bond acceptors (Lipinski definition) is 6. The van der Waals surface area contributed by atoms with Gasteiger partial charge in [0.1, 0.15) is 17.7 Å². The number of anilines is 2. The zero-order valence-electron chi connectivity index (χ0n) is 11.9. The van der Waals surface area contributed by atoms with E-state index in [2.05, 4.69) is 25.3 Å². The van der Waals surface area contributed by atoms with Gasteiger partial charge in [0.25, 0.3) is 0 Å². The van der Waals surface area contributed by atoms with E-state index in [9.17, 15) is 0 Å². The molecule has 106 valence electrons. The highest BCUT2D eigenvalue weighted by molar-refractivity contribution is 5.84. The van der Waals surface area contributed by atoms with E-state index < -0.39 is 0 Å². The van der Waals surface area contributed by atoms with Crippen molar-refractivity contribution in [2.45, 2.75) is 19.9 Å². The molecule has 0 spiro atoms. The van der Waals surface area contributed by atoms with E-state index in [1.54, 1.807) is 0 Å². The van der Waals surface area contributed by atoms with E-state index in [1.807, 2.05) is 44.2 Å². The van der Waals surface area contributed by atoms with Crippen LogP contribution < -0.4 is 11.1 Å². The summed E-state index contributed by atoms with van der Waals surface area (Å²) in [6.07, 6.45) is 1.44. The average Bonchev–Trinajstić information content (AvgIpc) is 2.48. The fourth-order valence-electron chi connectivity index (χ4n) is 2.14. The molecule has 3 aromatic rings. The third-order valence-electron chi connectivity index (χ3n) is 3.23. The highest BCUT2D eigenvalue weighted by atomic mass is 15.0. The lowest BCUT2D eigenvalue weighted by Crippen LogP contribution is -2.10. The van der Waals surface area contributed by atoms with Crippen molar-refractivity contribution in [3.63, 3.8) is 0 Å². The van der Waals surface area contributed by atoms with Crippen LogP contribution in [0.2, 0.25) is 0 Å². The van der Waals surface area contributed by atoms with Gasteiger partial charge in [-0.1, -0.05) is 6.07 Å². The van der Waals surface area contributed by atoms with Crippen molar-refractivity contribution in [1.29, 1.82) is 0 Å². The van der Waals surface area contributed by atoms with Crippen LogP contribution in [-0.2, 0) is 0 Å². The molecule has 0 aliphatic rings. The predicted octanol–water partition coefficient (Wildman–Crippen LogP) is 2.48. The van der Waals surface area contributed by atoms with Crippen LogP contribution in [0.1, 0.15) is 24.4 Å².